The van der Waals surface area contributed by atoms with Crippen LogP contribution in [0.15, 0.2) is 47.2 Å². The lowest BCUT2D eigenvalue weighted by Crippen LogP contribution is -2.20. The molecule has 4 nitrogen and oxygen atoms in total. The molecule has 2 N–H and O–H groups in total. The van der Waals surface area contributed by atoms with Gasteiger partial charge < -0.3 is 5.73 Å². The van der Waals surface area contributed by atoms with E-state index in [-0.39, 0.29) is 12.1 Å². The van der Waals surface area contributed by atoms with E-state index in [2.05, 4.69) is 52.0 Å². The lowest BCUT2D eigenvalue weighted by atomic mass is 10.0. The first-order valence-electron chi connectivity index (χ1n) is 6.91. The van der Waals surface area contributed by atoms with Gasteiger partial charge in [-0.05, 0) is 41.2 Å². The summed E-state index contributed by atoms with van der Waals surface area (Å²) in [5.74, 6) is 0. The first-order valence-corrected chi connectivity index (χ1v) is 7.71. The summed E-state index contributed by atoms with van der Waals surface area (Å²) in [7, 11) is 0. The van der Waals surface area contributed by atoms with Gasteiger partial charge in [-0.25, -0.2) is 0 Å². The van der Waals surface area contributed by atoms with Gasteiger partial charge in [0.25, 0.3) is 0 Å². The number of aromatic nitrogens is 3. The minimum atomic E-state index is -0.324. The molecule has 0 aliphatic carbocycles. The molecule has 3 aromatic rings. The Morgan fingerprint density at radius 1 is 1.19 bits per heavy atom. The van der Waals surface area contributed by atoms with E-state index in [1.54, 1.807) is 6.20 Å². The second-order valence-electron chi connectivity index (χ2n) is 5.31. The molecule has 0 radical (unpaired) electrons. The van der Waals surface area contributed by atoms with Crippen LogP contribution in [0.4, 0.5) is 0 Å². The molecule has 1 unspecified atom stereocenters. The van der Waals surface area contributed by atoms with Crippen molar-refractivity contribution in [1.29, 1.82) is 0 Å². The molecule has 0 amide bonds. The van der Waals surface area contributed by atoms with Crippen LogP contribution in [0.5, 0.6) is 0 Å². The molecule has 0 saturated carbocycles. The third-order valence-corrected chi connectivity index (χ3v) is 4.18. The molecule has 0 aliphatic heterocycles. The molecular formula is C16H17BrN4. The van der Waals surface area contributed by atoms with Crippen molar-refractivity contribution in [1.82, 2.24) is 14.8 Å². The van der Waals surface area contributed by atoms with E-state index in [0.717, 1.165) is 26.6 Å². The largest absolute Gasteiger partial charge is 0.318 e. The summed E-state index contributed by atoms with van der Waals surface area (Å²) in [6, 6.07) is 10.1. The van der Waals surface area contributed by atoms with Gasteiger partial charge in [-0.15, -0.1) is 0 Å². The first-order chi connectivity index (χ1) is 10.1. The molecule has 0 spiro atoms. The Kier molecular flexibility index (Phi) is 3.78. The van der Waals surface area contributed by atoms with Crippen LogP contribution in [-0.2, 0) is 0 Å². The number of hydrogen-bond acceptors (Lipinski definition) is 3. The quantitative estimate of drug-likeness (QED) is 0.785. The Bertz CT molecular complexity index is 774. The molecule has 2 heterocycles. The molecule has 0 fully saturated rings. The summed E-state index contributed by atoms with van der Waals surface area (Å²) >= 11 is 3.56. The third kappa shape index (κ3) is 2.47. The van der Waals surface area contributed by atoms with E-state index in [4.69, 9.17) is 5.73 Å². The van der Waals surface area contributed by atoms with Gasteiger partial charge in [0.15, 0.2) is 0 Å². The maximum atomic E-state index is 6.51. The SMILES string of the molecule is CC(C)n1ncc(Br)c1C(N)c1nccc2ccccc12. The molecule has 0 saturated heterocycles. The number of benzene rings is 1. The van der Waals surface area contributed by atoms with Gasteiger partial charge in [-0.1, -0.05) is 24.3 Å². The number of nitrogens with zero attached hydrogens (tertiary/aromatic N) is 3. The van der Waals surface area contributed by atoms with Crippen LogP contribution >= 0.6 is 15.9 Å². The normalized spacial score (nSPS) is 13.0. The lowest BCUT2D eigenvalue weighted by Gasteiger charge is -2.18. The molecule has 0 aliphatic rings. The van der Waals surface area contributed by atoms with Crippen molar-refractivity contribution in [2.24, 2.45) is 5.73 Å². The molecule has 2 aromatic heterocycles. The van der Waals surface area contributed by atoms with Crippen molar-refractivity contribution in [2.75, 3.05) is 0 Å². The predicted molar refractivity (Wildman–Crippen MR) is 88.1 cm³/mol. The van der Waals surface area contributed by atoms with Crippen molar-refractivity contribution in [3.8, 4) is 0 Å². The number of fused-ring (bicyclic) bond motifs is 1. The number of rotatable bonds is 3. The zero-order valence-corrected chi connectivity index (χ0v) is 13.6. The van der Waals surface area contributed by atoms with Gasteiger partial charge in [-0.2, -0.15) is 5.10 Å². The summed E-state index contributed by atoms with van der Waals surface area (Å²) in [5.41, 5.74) is 8.34. The number of pyridine rings is 1. The molecule has 0 bridgehead atoms. The minimum absolute atomic E-state index is 0.243. The highest BCUT2D eigenvalue weighted by molar-refractivity contribution is 9.10. The fourth-order valence-corrected chi connectivity index (χ4v) is 3.09. The van der Waals surface area contributed by atoms with Gasteiger partial charge in [0, 0.05) is 17.6 Å². The van der Waals surface area contributed by atoms with Crippen LogP contribution in [0, 0.1) is 0 Å². The maximum Gasteiger partial charge on any atom is 0.0915 e. The maximum absolute atomic E-state index is 6.51. The van der Waals surface area contributed by atoms with Crippen molar-refractivity contribution >= 4 is 26.7 Å². The van der Waals surface area contributed by atoms with Crippen LogP contribution < -0.4 is 5.73 Å². The Morgan fingerprint density at radius 2 is 1.95 bits per heavy atom. The highest BCUT2D eigenvalue weighted by Gasteiger charge is 2.22. The summed E-state index contributed by atoms with van der Waals surface area (Å²) < 4.78 is 2.86. The van der Waals surface area contributed by atoms with Gasteiger partial charge in [0.2, 0.25) is 0 Å². The highest BCUT2D eigenvalue weighted by atomic mass is 79.9. The zero-order chi connectivity index (χ0) is 15.0. The number of halogens is 1. The molecule has 1 atom stereocenters. The third-order valence-electron chi connectivity index (χ3n) is 3.57. The van der Waals surface area contributed by atoms with E-state index in [1.165, 1.54) is 0 Å². The van der Waals surface area contributed by atoms with Crippen molar-refractivity contribution in [3.63, 3.8) is 0 Å². The average Bonchev–Trinajstić information content (AvgIpc) is 2.88. The van der Waals surface area contributed by atoms with Crippen LogP contribution in [0.1, 0.15) is 37.3 Å². The Labute approximate surface area is 132 Å². The van der Waals surface area contributed by atoms with Gasteiger partial charge in [0.05, 0.1) is 28.1 Å². The van der Waals surface area contributed by atoms with Crippen molar-refractivity contribution in [2.45, 2.75) is 25.9 Å². The molecule has 1 aromatic carbocycles. The van der Waals surface area contributed by atoms with Crippen molar-refractivity contribution < 1.29 is 0 Å². The molecular weight excluding hydrogens is 328 g/mol. The van der Waals surface area contributed by atoms with Crippen LogP contribution in [-0.4, -0.2) is 14.8 Å². The van der Waals surface area contributed by atoms with Crippen LogP contribution in [0.25, 0.3) is 10.8 Å². The summed E-state index contributed by atoms with van der Waals surface area (Å²) in [5, 5.41) is 6.63. The number of nitrogens with two attached hydrogens (primary N) is 1. The topological polar surface area (TPSA) is 56.7 Å². The van der Waals surface area contributed by atoms with Crippen LogP contribution in [0.3, 0.4) is 0 Å². The summed E-state index contributed by atoms with van der Waals surface area (Å²) in [6.45, 7) is 4.18. The van der Waals surface area contributed by atoms with E-state index in [1.807, 2.05) is 29.1 Å². The highest BCUT2D eigenvalue weighted by Crippen LogP contribution is 2.31. The average molecular weight is 345 g/mol. The van der Waals surface area contributed by atoms with E-state index in [9.17, 15) is 0 Å². The van der Waals surface area contributed by atoms with Gasteiger partial charge in [0.1, 0.15) is 0 Å². The molecule has 108 valence electrons. The second-order valence-corrected chi connectivity index (χ2v) is 6.17. The predicted octanol–water partition coefficient (Wildman–Crippen LogP) is 3.82. The molecule has 5 heteroatoms. The smallest absolute Gasteiger partial charge is 0.0915 e. The van der Waals surface area contributed by atoms with Gasteiger partial charge >= 0.3 is 0 Å². The van der Waals surface area contributed by atoms with E-state index < -0.39 is 0 Å². The Hall–Kier alpha value is -1.72. The molecule has 21 heavy (non-hydrogen) atoms. The van der Waals surface area contributed by atoms with Crippen LogP contribution in [0.2, 0.25) is 0 Å². The number of hydrogen-bond donors (Lipinski definition) is 1. The van der Waals surface area contributed by atoms with Gasteiger partial charge in [-0.3, -0.25) is 9.67 Å². The van der Waals surface area contributed by atoms with Crippen molar-refractivity contribution in [3.05, 3.63) is 58.6 Å². The fraction of sp³-hybridized carbons (Fsp3) is 0.250. The summed E-state index contributed by atoms with van der Waals surface area (Å²) in [4.78, 5) is 4.52. The standard InChI is InChI=1S/C16H17BrN4/c1-10(2)21-16(13(17)9-20-21)14(18)15-12-6-4-3-5-11(12)7-8-19-15/h3-10,14H,18H2,1-2H3. The zero-order valence-electron chi connectivity index (χ0n) is 12.0. The monoisotopic (exact) mass is 344 g/mol. The fourth-order valence-electron chi connectivity index (χ4n) is 2.57. The summed E-state index contributed by atoms with van der Waals surface area (Å²) in [6.07, 6.45) is 3.60. The first kappa shape index (κ1) is 14.2. The van der Waals surface area contributed by atoms with E-state index >= 15 is 0 Å². The van der Waals surface area contributed by atoms with E-state index in [0.29, 0.717) is 0 Å². The Morgan fingerprint density at radius 3 is 2.71 bits per heavy atom. The second kappa shape index (κ2) is 5.58. The minimum Gasteiger partial charge on any atom is -0.318 e. The molecule has 3 rings (SSSR count). The lowest BCUT2D eigenvalue weighted by molar-refractivity contribution is 0.497. The Balaban J connectivity index is 2.17.